The Kier molecular flexibility index (Phi) is 7.53. The van der Waals surface area contributed by atoms with E-state index in [0.717, 1.165) is 11.3 Å². The topological polar surface area (TPSA) is 86.9 Å². The summed E-state index contributed by atoms with van der Waals surface area (Å²) in [6, 6.07) is 3.47. The quantitative estimate of drug-likeness (QED) is 0.400. The first-order chi connectivity index (χ1) is 13.1. The van der Waals surface area contributed by atoms with Crippen LogP contribution in [0.25, 0.3) is 0 Å². The normalized spacial score (nSPS) is 17.5. The van der Waals surface area contributed by atoms with Gasteiger partial charge >= 0.3 is 15.5 Å². The second kappa shape index (κ2) is 9.46. The number of furan rings is 1. The molecule has 2 rings (SSSR count). The number of alkyl halides is 3. The van der Waals surface area contributed by atoms with Crippen molar-refractivity contribution in [2.45, 2.75) is 37.7 Å². The molecule has 0 radical (unpaired) electrons. The highest BCUT2D eigenvalue weighted by molar-refractivity contribution is 7.90. The molecule has 0 unspecified atom stereocenters. The second-order valence-corrected chi connectivity index (χ2v) is 8.58. The number of piperidine rings is 1. The van der Waals surface area contributed by atoms with Crippen LogP contribution < -0.4 is 10.6 Å². The molecule has 0 amide bonds. The van der Waals surface area contributed by atoms with E-state index in [1.807, 2.05) is 13.0 Å². The van der Waals surface area contributed by atoms with Crippen LogP contribution in [-0.2, 0) is 16.4 Å². The maximum atomic E-state index is 12.7. The van der Waals surface area contributed by atoms with Crippen molar-refractivity contribution in [3.05, 3.63) is 36.3 Å². The lowest BCUT2D eigenvalue weighted by molar-refractivity contribution is -0.0494. The fourth-order valence-corrected chi connectivity index (χ4v) is 3.69. The van der Waals surface area contributed by atoms with Gasteiger partial charge in [-0.15, -0.1) is 0 Å². The monoisotopic (exact) mass is 422 g/mol. The van der Waals surface area contributed by atoms with E-state index in [1.54, 1.807) is 12.3 Å². The Morgan fingerprint density at radius 1 is 1.39 bits per heavy atom. The molecule has 0 aliphatic carbocycles. The first-order valence-corrected chi connectivity index (χ1v) is 10.3. The molecule has 11 heteroatoms. The minimum absolute atomic E-state index is 0.181. The predicted octanol–water partition coefficient (Wildman–Crippen LogP) is 2.25. The molecule has 0 spiro atoms. The molecule has 7 nitrogen and oxygen atoms in total. The lowest BCUT2D eigenvalue weighted by atomic mass is 10.1. The third-order valence-electron chi connectivity index (χ3n) is 4.18. The van der Waals surface area contributed by atoms with Gasteiger partial charge in [-0.1, -0.05) is 12.2 Å². The average Bonchev–Trinajstić information content (AvgIpc) is 3.12. The molecule has 0 saturated carbocycles. The molecule has 0 aromatic carbocycles. The Bertz CT molecular complexity index is 768. The van der Waals surface area contributed by atoms with Crippen molar-refractivity contribution in [1.29, 1.82) is 0 Å². The van der Waals surface area contributed by atoms with E-state index in [2.05, 4.69) is 22.2 Å². The van der Waals surface area contributed by atoms with Gasteiger partial charge < -0.3 is 15.1 Å². The average molecular weight is 422 g/mol. The third kappa shape index (κ3) is 6.26. The maximum Gasteiger partial charge on any atom is 0.511 e. The summed E-state index contributed by atoms with van der Waals surface area (Å²) in [5.74, 6) is 1.32. The summed E-state index contributed by atoms with van der Waals surface area (Å²) in [7, 11) is -5.27. The number of halogens is 3. The molecule has 1 aromatic heterocycles. The SMILES string of the molecule is C=C(C)CN=C(NCCc1ccco1)NC1CCN(S(=O)(=O)C(F)(F)F)CC1. The Balaban J connectivity index is 1.90. The Morgan fingerprint density at radius 3 is 2.61 bits per heavy atom. The van der Waals surface area contributed by atoms with E-state index in [9.17, 15) is 21.6 Å². The first kappa shape index (κ1) is 22.3. The molecule has 1 saturated heterocycles. The number of sulfonamides is 1. The van der Waals surface area contributed by atoms with Crippen molar-refractivity contribution in [3.63, 3.8) is 0 Å². The first-order valence-electron chi connectivity index (χ1n) is 8.87. The van der Waals surface area contributed by atoms with E-state index in [0.29, 0.717) is 29.8 Å². The van der Waals surface area contributed by atoms with E-state index in [-0.39, 0.29) is 32.0 Å². The van der Waals surface area contributed by atoms with Crippen LogP contribution in [0.15, 0.2) is 40.0 Å². The zero-order valence-corrected chi connectivity index (χ0v) is 16.4. The van der Waals surface area contributed by atoms with Crippen LogP contribution in [0.4, 0.5) is 13.2 Å². The van der Waals surface area contributed by atoms with Crippen LogP contribution >= 0.6 is 0 Å². The molecule has 158 valence electrons. The highest BCUT2D eigenvalue weighted by Gasteiger charge is 2.50. The molecule has 2 N–H and O–H groups in total. The lowest BCUT2D eigenvalue weighted by Gasteiger charge is -2.32. The van der Waals surface area contributed by atoms with Crippen molar-refractivity contribution in [2.24, 2.45) is 4.99 Å². The van der Waals surface area contributed by atoms with Gasteiger partial charge in [0, 0.05) is 32.1 Å². The molecule has 2 heterocycles. The third-order valence-corrected chi connectivity index (χ3v) is 5.81. The summed E-state index contributed by atoms with van der Waals surface area (Å²) in [6.45, 7) is 6.20. The Labute approximate surface area is 162 Å². The van der Waals surface area contributed by atoms with Crippen LogP contribution in [0.3, 0.4) is 0 Å². The van der Waals surface area contributed by atoms with Crippen LogP contribution in [0.1, 0.15) is 25.5 Å². The largest absolute Gasteiger partial charge is 0.511 e. The van der Waals surface area contributed by atoms with E-state index in [4.69, 9.17) is 4.42 Å². The van der Waals surface area contributed by atoms with E-state index >= 15 is 0 Å². The Morgan fingerprint density at radius 2 is 2.07 bits per heavy atom. The number of aliphatic imine (C=N–C) groups is 1. The van der Waals surface area contributed by atoms with E-state index < -0.39 is 15.5 Å². The van der Waals surface area contributed by atoms with Gasteiger partial charge in [0.1, 0.15) is 5.76 Å². The van der Waals surface area contributed by atoms with Crippen molar-refractivity contribution in [3.8, 4) is 0 Å². The molecular formula is C17H25F3N4O3S. The smallest absolute Gasteiger partial charge is 0.469 e. The van der Waals surface area contributed by atoms with Gasteiger partial charge in [-0.2, -0.15) is 17.5 Å². The highest BCUT2D eigenvalue weighted by Crippen LogP contribution is 2.28. The van der Waals surface area contributed by atoms with Gasteiger partial charge in [0.25, 0.3) is 0 Å². The summed E-state index contributed by atoms with van der Waals surface area (Å²) in [6.07, 6.45) is 2.73. The predicted molar refractivity (Wildman–Crippen MR) is 100 cm³/mol. The number of nitrogens with zero attached hydrogens (tertiary/aromatic N) is 2. The zero-order valence-electron chi connectivity index (χ0n) is 15.6. The van der Waals surface area contributed by atoms with Crippen molar-refractivity contribution in [2.75, 3.05) is 26.2 Å². The summed E-state index contributed by atoms with van der Waals surface area (Å²) in [5, 5.41) is 6.32. The summed E-state index contributed by atoms with van der Waals surface area (Å²) in [4.78, 5) is 4.40. The fraction of sp³-hybridized carbons (Fsp3) is 0.588. The molecule has 1 fully saturated rings. The zero-order chi connectivity index (χ0) is 20.8. The van der Waals surface area contributed by atoms with Gasteiger partial charge in [-0.3, -0.25) is 0 Å². The maximum absolute atomic E-state index is 12.7. The lowest BCUT2D eigenvalue weighted by Crippen LogP contribution is -2.51. The molecule has 0 atom stereocenters. The summed E-state index contributed by atoms with van der Waals surface area (Å²) in [5.41, 5.74) is -4.41. The minimum Gasteiger partial charge on any atom is -0.469 e. The summed E-state index contributed by atoms with van der Waals surface area (Å²) < 4.78 is 66.7. The van der Waals surface area contributed by atoms with Crippen molar-refractivity contribution >= 4 is 16.0 Å². The molecule has 1 aromatic rings. The fourth-order valence-electron chi connectivity index (χ4n) is 2.71. The van der Waals surface area contributed by atoms with Gasteiger partial charge in [-0.25, -0.2) is 13.4 Å². The van der Waals surface area contributed by atoms with Crippen LogP contribution in [0, 0.1) is 0 Å². The molecule has 0 bridgehead atoms. The van der Waals surface area contributed by atoms with Crippen molar-refractivity contribution in [1.82, 2.24) is 14.9 Å². The number of hydrogen-bond acceptors (Lipinski definition) is 4. The molecule has 1 aliphatic rings. The van der Waals surface area contributed by atoms with E-state index in [1.165, 1.54) is 0 Å². The highest BCUT2D eigenvalue weighted by atomic mass is 32.2. The van der Waals surface area contributed by atoms with Crippen molar-refractivity contribution < 1.29 is 26.0 Å². The standard InChI is InChI=1S/C17H25F3N4O3S/c1-13(2)12-22-16(21-8-5-15-4-3-11-27-15)23-14-6-9-24(10-7-14)28(25,26)17(18,19)20/h3-4,11,14H,1,5-10,12H2,2H3,(H2,21,22,23). The van der Waals surface area contributed by atoms with Gasteiger partial charge in [0.15, 0.2) is 5.96 Å². The minimum atomic E-state index is -5.27. The van der Waals surface area contributed by atoms with Crippen LogP contribution in [0.5, 0.6) is 0 Å². The van der Waals surface area contributed by atoms with Gasteiger partial charge in [0.2, 0.25) is 0 Å². The number of guanidine groups is 1. The van der Waals surface area contributed by atoms with Crippen LogP contribution in [0.2, 0.25) is 0 Å². The number of hydrogen-bond donors (Lipinski definition) is 2. The Hall–Kier alpha value is -2.01. The van der Waals surface area contributed by atoms with Crippen LogP contribution in [-0.4, -0.2) is 56.4 Å². The van der Waals surface area contributed by atoms with Gasteiger partial charge in [0.05, 0.1) is 12.8 Å². The summed E-state index contributed by atoms with van der Waals surface area (Å²) >= 11 is 0. The van der Waals surface area contributed by atoms with Gasteiger partial charge in [-0.05, 0) is 31.9 Å². The molecule has 28 heavy (non-hydrogen) atoms. The second-order valence-electron chi connectivity index (χ2n) is 6.65. The number of nitrogens with one attached hydrogen (secondary N) is 2. The molecule has 1 aliphatic heterocycles. The molecular weight excluding hydrogens is 397 g/mol. The number of rotatable bonds is 7.